The SMILES string of the molecule is CCCCNC(=O)[C@@H](C)N(CCc1ccccc1)C(=O)CN(c1ccc(OCC)cc1)S(=O)(=O)c1ccc(Cl)cc1. The molecule has 3 aromatic rings. The first-order chi connectivity index (χ1) is 19.7. The lowest BCUT2D eigenvalue weighted by Crippen LogP contribution is -2.52. The average molecular weight is 600 g/mol. The zero-order chi connectivity index (χ0) is 29.8. The predicted octanol–water partition coefficient (Wildman–Crippen LogP) is 5.31. The van der Waals surface area contributed by atoms with Crippen LogP contribution in [-0.2, 0) is 26.0 Å². The van der Waals surface area contributed by atoms with E-state index in [9.17, 15) is 18.0 Å². The van der Waals surface area contributed by atoms with E-state index in [-0.39, 0.29) is 17.3 Å². The molecule has 1 N–H and O–H groups in total. The normalized spacial score (nSPS) is 11.9. The third kappa shape index (κ3) is 8.96. The monoisotopic (exact) mass is 599 g/mol. The number of halogens is 1. The van der Waals surface area contributed by atoms with Gasteiger partial charge in [0.2, 0.25) is 11.8 Å². The molecule has 0 radical (unpaired) electrons. The van der Waals surface area contributed by atoms with E-state index in [1.54, 1.807) is 31.2 Å². The average Bonchev–Trinajstić information content (AvgIpc) is 2.97. The first-order valence-electron chi connectivity index (χ1n) is 13.8. The van der Waals surface area contributed by atoms with Gasteiger partial charge in [-0.2, -0.15) is 0 Å². The molecule has 0 aliphatic heterocycles. The van der Waals surface area contributed by atoms with Crippen molar-refractivity contribution >= 4 is 39.1 Å². The molecule has 2 amide bonds. The number of sulfonamides is 1. The summed E-state index contributed by atoms with van der Waals surface area (Å²) in [5, 5.41) is 3.28. The fourth-order valence-electron chi connectivity index (χ4n) is 4.24. The van der Waals surface area contributed by atoms with Crippen molar-refractivity contribution in [2.45, 2.75) is 51.0 Å². The lowest BCUT2D eigenvalue weighted by molar-refractivity contribution is -0.138. The van der Waals surface area contributed by atoms with Crippen molar-refractivity contribution in [1.82, 2.24) is 10.2 Å². The summed E-state index contributed by atoms with van der Waals surface area (Å²) in [6.07, 6.45) is 2.25. The summed E-state index contributed by atoms with van der Waals surface area (Å²) < 4.78 is 34.3. The number of anilines is 1. The van der Waals surface area contributed by atoms with Crippen LogP contribution in [0.5, 0.6) is 5.75 Å². The van der Waals surface area contributed by atoms with Crippen LogP contribution in [0.4, 0.5) is 5.69 Å². The van der Waals surface area contributed by atoms with E-state index in [1.807, 2.05) is 44.2 Å². The minimum absolute atomic E-state index is 0.00947. The molecule has 0 unspecified atom stereocenters. The van der Waals surface area contributed by atoms with Gasteiger partial charge in [-0.05, 0) is 80.8 Å². The molecular formula is C31H38ClN3O5S. The Bertz CT molecular complexity index is 1370. The predicted molar refractivity (Wildman–Crippen MR) is 163 cm³/mol. The lowest BCUT2D eigenvalue weighted by atomic mass is 10.1. The second kappa shape index (κ2) is 15.4. The summed E-state index contributed by atoms with van der Waals surface area (Å²) in [7, 11) is -4.17. The number of rotatable bonds is 15. The van der Waals surface area contributed by atoms with Crippen molar-refractivity contribution in [1.29, 1.82) is 0 Å². The molecule has 0 saturated heterocycles. The second-order valence-electron chi connectivity index (χ2n) is 9.54. The van der Waals surface area contributed by atoms with Crippen molar-refractivity contribution < 1.29 is 22.7 Å². The maximum atomic E-state index is 13.9. The number of hydrogen-bond acceptors (Lipinski definition) is 5. The quantitative estimate of drug-likeness (QED) is 0.239. The summed E-state index contributed by atoms with van der Waals surface area (Å²) in [5.74, 6) is -0.202. The maximum Gasteiger partial charge on any atom is 0.264 e. The number of carbonyl (C=O) groups excluding carboxylic acids is 2. The minimum atomic E-state index is -4.17. The molecule has 1 atom stereocenters. The minimum Gasteiger partial charge on any atom is -0.494 e. The maximum absolute atomic E-state index is 13.9. The van der Waals surface area contributed by atoms with Gasteiger partial charge in [0.15, 0.2) is 0 Å². The van der Waals surface area contributed by atoms with Crippen LogP contribution in [0.3, 0.4) is 0 Å². The number of nitrogens with zero attached hydrogens (tertiary/aromatic N) is 2. The van der Waals surface area contributed by atoms with E-state index < -0.39 is 28.5 Å². The highest BCUT2D eigenvalue weighted by molar-refractivity contribution is 7.92. The molecule has 0 heterocycles. The van der Waals surface area contributed by atoms with E-state index in [1.165, 1.54) is 29.2 Å². The molecule has 0 fully saturated rings. The fraction of sp³-hybridized carbons (Fsp3) is 0.355. The number of benzene rings is 3. The molecule has 0 spiro atoms. The summed E-state index contributed by atoms with van der Waals surface area (Å²) in [6.45, 7) is 6.25. The lowest BCUT2D eigenvalue weighted by Gasteiger charge is -2.32. The summed E-state index contributed by atoms with van der Waals surface area (Å²) in [6, 6.07) is 21.1. The van der Waals surface area contributed by atoms with Crippen molar-refractivity contribution in [2.75, 3.05) is 30.5 Å². The molecule has 0 aliphatic rings. The van der Waals surface area contributed by atoms with Gasteiger partial charge in [0.05, 0.1) is 17.2 Å². The van der Waals surface area contributed by atoms with Crippen LogP contribution in [0.1, 0.15) is 39.2 Å². The molecular weight excluding hydrogens is 562 g/mol. The molecule has 3 rings (SSSR count). The molecule has 220 valence electrons. The van der Waals surface area contributed by atoms with Crippen LogP contribution < -0.4 is 14.4 Å². The van der Waals surface area contributed by atoms with Gasteiger partial charge in [-0.1, -0.05) is 55.3 Å². The first-order valence-corrected chi connectivity index (χ1v) is 15.6. The molecule has 8 nitrogen and oxygen atoms in total. The molecule has 0 aromatic heterocycles. The van der Waals surface area contributed by atoms with E-state index in [0.717, 1.165) is 22.7 Å². The van der Waals surface area contributed by atoms with E-state index in [2.05, 4.69) is 5.32 Å². The van der Waals surface area contributed by atoms with Crippen molar-refractivity contribution in [3.05, 3.63) is 89.4 Å². The van der Waals surface area contributed by atoms with Crippen LogP contribution in [-0.4, -0.2) is 57.4 Å². The third-order valence-corrected chi connectivity index (χ3v) is 8.64. The Kier molecular flexibility index (Phi) is 12.0. The second-order valence-corrected chi connectivity index (χ2v) is 11.8. The van der Waals surface area contributed by atoms with Crippen LogP contribution in [0.15, 0.2) is 83.8 Å². The zero-order valence-corrected chi connectivity index (χ0v) is 25.3. The number of ether oxygens (including phenoxy) is 1. The highest BCUT2D eigenvalue weighted by atomic mass is 35.5. The van der Waals surface area contributed by atoms with E-state index >= 15 is 0 Å². The molecule has 41 heavy (non-hydrogen) atoms. The number of nitrogens with one attached hydrogen (secondary N) is 1. The number of hydrogen-bond donors (Lipinski definition) is 1. The molecule has 10 heteroatoms. The Morgan fingerprint density at radius 1 is 0.951 bits per heavy atom. The Morgan fingerprint density at radius 2 is 1.61 bits per heavy atom. The van der Waals surface area contributed by atoms with Crippen LogP contribution in [0, 0.1) is 0 Å². The number of amides is 2. The first kappa shape index (κ1) is 32.0. The third-order valence-electron chi connectivity index (χ3n) is 6.60. The van der Waals surface area contributed by atoms with Gasteiger partial charge in [0.25, 0.3) is 10.0 Å². The molecule has 0 aliphatic carbocycles. The van der Waals surface area contributed by atoms with Crippen molar-refractivity contribution in [3.63, 3.8) is 0 Å². The zero-order valence-electron chi connectivity index (χ0n) is 23.8. The molecule has 0 saturated carbocycles. The van der Waals surface area contributed by atoms with E-state index in [0.29, 0.717) is 36.0 Å². The van der Waals surface area contributed by atoms with Crippen molar-refractivity contribution in [2.24, 2.45) is 0 Å². The summed E-state index contributed by atoms with van der Waals surface area (Å²) in [5.41, 5.74) is 1.29. The molecule has 3 aromatic carbocycles. The summed E-state index contributed by atoms with van der Waals surface area (Å²) in [4.78, 5) is 28.4. The highest BCUT2D eigenvalue weighted by Crippen LogP contribution is 2.27. The topological polar surface area (TPSA) is 96.0 Å². The highest BCUT2D eigenvalue weighted by Gasteiger charge is 2.32. The Labute approximate surface area is 248 Å². The fourth-order valence-corrected chi connectivity index (χ4v) is 5.78. The number of carbonyl (C=O) groups is 2. The van der Waals surface area contributed by atoms with Gasteiger partial charge < -0.3 is 15.0 Å². The van der Waals surface area contributed by atoms with Gasteiger partial charge in [0, 0.05) is 18.1 Å². The van der Waals surface area contributed by atoms with Gasteiger partial charge in [0.1, 0.15) is 18.3 Å². The van der Waals surface area contributed by atoms with Gasteiger partial charge in [-0.15, -0.1) is 0 Å². The standard InChI is InChI=1S/C31H38ClN3O5S/c1-4-6-21-33-31(37)24(3)34(22-20-25-10-8-7-9-11-25)30(36)23-35(27-14-16-28(17-15-27)40-5-2)41(38,39)29-18-12-26(32)13-19-29/h7-19,24H,4-6,20-23H2,1-3H3,(H,33,37)/t24-/m1/s1. The summed E-state index contributed by atoms with van der Waals surface area (Å²) >= 11 is 6.01. The van der Waals surface area contributed by atoms with Crippen LogP contribution in [0.25, 0.3) is 0 Å². The Hall–Kier alpha value is -3.56. The van der Waals surface area contributed by atoms with Gasteiger partial charge >= 0.3 is 0 Å². The Balaban J connectivity index is 1.95. The molecule has 0 bridgehead atoms. The van der Waals surface area contributed by atoms with Crippen LogP contribution in [0.2, 0.25) is 5.02 Å². The largest absolute Gasteiger partial charge is 0.494 e. The number of unbranched alkanes of at least 4 members (excludes halogenated alkanes) is 1. The van der Waals surface area contributed by atoms with Gasteiger partial charge in [-0.25, -0.2) is 8.42 Å². The smallest absolute Gasteiger partial charge is 0.264 e. The van der Waals surface area contributed by atoms with Gasteiger partial charge in [-0.3, -0.25) is 13.9 Å². The van der Waals surface area contributed by atoms with Crippen molar-refractivity contribution in [3.8, 4) is 5.75 Å². The van der Waals surface area contributed by atoms with Crippen LogP contribution >= 0.6 is 11.6 Å². The Morgan fingerprint density at radius 3 is 2.22 bits per heavy atom. The van der Waals surface area contributed by atoms with E-state index in [4.69, 9.17) is 16.3 Å².